The normalized spacial score (nSPS) is 10.8. The van der Waals surface area contributed by atoms with Gasteiger partial charge in [-0.15, -0.1) is 0 Å². The lowest BCUT2D eigenvalue weighted by Gasteiger charge is -2.26. The van der Waals surface area contributed by atoms with Crippen LogP contribution in [-0.4, -0.2) is 45.1 Å². The van der Waals surface area contributed by atoms with Gasteiger partial charge in [-0.2, -0.15) is 0 Å². The molecule has 0 saturated heterocycles. The molecule has 0 unspecified atom stereocenters. The van der Waals surface area contributed by atoms with Gasteiger partial charge in [0.05, 0.1) is 6.61 Å². The van der Waals surface area contributed by atoms with E-state index in [1.54, 1.807) is 13.2 Å². The average Bonchev–Trinajstić information content (AvgIpc) is 2.46. The van der Waals surface area contributed by atoms with E-state index in [2.05, 4.69) is 10.2 Å². The van der Waals surface area contributed by atoms with Crippen LogP contribution in [-0.2, 0) is 11.3 Å². The third-order valence-corrected chi connectivity index (χ3v) is 3.19. The molecule has 0 aliphatic carbocycles. The van der Waals surface area contributed by atoms with Gasteiger partial charge in [-0.3, -0.25) is 0 Å². The van der Waals surface area contributed by atoms with Crippen molar-refractivity contribution in [1.29, 1.82) is 0 Å². The highest BCUT2D eigenvalue weighted by Crippen LogP contribution is 2.23. The van der Waals surface area contributed by atoms with Crippen LogP contribution in [0.1, 0.15) is 18.9 Å². The summed E-state index contributed by atoms with van der Waals surface area (Å²) >= 11 is 0. The van der Waals surface area contributed by atoms with E-state index in [4.69, 9.17) is 9.84 Å². The first kappa shape index (κ1) is 16.9. The van der Waals surface area contributed by atoms with Crippen molar-refractivity contribution in [3.8, 4) is 0 Å². The summed E-state index contributed by atoms with van der Waals surface area (Å²) in [6.07, 6.45) is 0.681. The van der Waals surface area contributed by atoms with E-state index in [-0.39, 0.29) is 12.4 Å². The van der Waals surface area contributed by atoms with E-state index in [1.165, 1.54) is 6.07 Å². The number of aliphatic hydroxyl groups excluding tert-OH is 1. The molecule has 20 heavy (non-hydrogen) atoms. The number of halogens is 1. The Hall–Kier alpha value is -1.17. The molecule has 2 N–H and O–H groups in total. The molecule has 0 radical (unpaired) electrons. The van der Waals surface area contributed by atoms with Crippen LogP contribution in [0.3, 0.4) is 0 Å². The molecule has 0 aliphatic heterocycles. The summed E-state index contributed by atoms with van der Waals surface area (Å²) < 4.78 is 19.0. The molecule has 0 aliphatic rings. The second-order valence-corrected chi connectivity index (χ2v) is 4.56. The smallest absolute Gasteiger partial charge is 0.129 e. The summed E-state index contributed by atoms with van der Waals surface area (Å²) in [5.74, 6) is -0.199. The Morgan fingerprint density at radius 3 is 2.85 bits per heavy atom. The monoisotopic (exact) mass is 284 g/mol. The van der Waals surface area contributed by atoms with Crippen molar-refractivity contribution in [2.75, 3.05) is 44.9 Å². The third-order valence-electron chi connectivity index (χ3n) is 3.19. The van der Waals surface area contributed by atoms with Crippen LogP contribution >= 0.6 is 0 Å². The van der Waals surface area contributed by atoms with Gasteiger partial charge in [0.1, 0.15) is 5.82 Å². The maximum absolute atomic E-state index is 14.0. The Labute approximate surface area is 120 Å². The van der Waals surface area contributed by atoms with Gasteiger partial charge in [-0.1, -0.05) is 6.07 Å². The van der Waals surface area contributed by atoms with E-state index in [1.807, 2.05) is 13.0 Å². The molecule has 114 valence electrons. The van der Waals surface area contributed by atoms with Crippen molar-refractivity contribution in [2.45, 2.75) is 19.9 Å². The minimum absolute atomic E-state index is 0.146. The summed E-state index contributed by atoms with van der Waals surface area (Å²) in [5, 5.41) is 12.1. The number of benzene rings is 1. The zero-order chi connectivity index (χ0) is 14.8. The maximum atomic E-state index is 14.0. The predicted octanol–water partition coefficient (Wildman–Crippen LogP) is 1.77. The fraction of sp³-hybridized carbons (Fsp3) is 0.600. The third kappa shape index (κ3) is 5.07. The number of rotatable bonds is 10. The first-order valence-electron chi connectivity index (χ1n) is 7.07. The molecule has 0 saturated carbocycles. The number of aliphatic hydroxyl groups is 1. The predicted molar refractivity (Wildman–Crippen MR) is 79.6 cm³/mol. The topological polar surface area (TPSA) is 44.7 Å². The molecule has 0 aromatic heterocycles. The highest BCUT2D eigenvalue weighted by molar-refractivity contribution is 5.54. The fourth-order valence-electron chi connectivity index (χ4n) is 2.12. The van der Waals surface area contributed by atoms with E-state index in [0.717, 1.165) is 18.8 Å². The first-order chi connectivity index (χ1) is 9.74. The van der Waals surface area contributed by atoms with E-state index >= 15 is 0 Å². The molecule has 0 amide bonds. The molecule has 4 nitrogen and oxygen atoms in total. The Morgan fingerprint density at radius 2 is 2.20 bits per heavy atom. The SMILES string of the molecule is CCN(CCCO)c1cccc(F)c1CNCCOC. The molecule has 5 heteroatoms. The molecule has 1 aromatic rings. The fourth-order valence-corrected chi connectivity index (χ4v) is 2.12. The van der Waals surface area contributed by atoms with Gasteiger partial charge in [0, 0.05) is 51.1 Å². The highest BCUT2D eigenvalue weighted by Gasteiger charge is 2.13. The van der Waals surface area contributed by atoms with Gasteiger partial charge < -0.3 is 20.1 Å². The van der Waals surface area contributed by atoms with Gasteiger partial charge in [0.15, 0.2) is 0 Å². The lowest BCUT2D eigenvalue weighted by atomic mass is 10.1. The molecule has 0 bridgehead atoms. The van der Waals surface area contributed by atoms with Crippen molar-refractivity contribution in [3.05, 3.63) is 29.6 Å². The van der Waals surface area contributed by atoms with Crippen molar-refractivity contribution >= 4 is 5.69 Å². The minimum Gasteiger partial charge on any atom is -0.396 e. The summed E-state index contributed by atoms with van der Waals surface area (Å²) in [4.78, 5) is 2.09. The van der Waals surface area contributed by atoms with Crippen LogP contribution in [0.25, 0.3) is 0 Å². The molecule has 1 aromatic carbocycles. The number of nitrogens with zero attached hydrogens (tertiary/aromatic N) is 1. The number of ether oxygens (including phenoxy) is 1. The molecule has 0 heterocycles. The standard InChI is InChI=1S/C15H25FN2O2/c1-3-18(9-5-10-19)15-7-4-6-14(16)13(15)12-17-8-11-20-2/h4,6-7,17,19H,3,5,8-12H2,1-2H3. The number of hydrogen-bond donors (Lipinski definition) is 2. The number of anilines is 1. The Bertz CT molecular complexity index is 388. The zero-order valence-electron chi connectivity index (χ0n) is 12.4. The van der Waals surface area contributed by atoms with Crippen LogP contribution in [0.15, 0.2) is 18.2 Å². The van der Waals surface area contributed by atoms with Crippen molar-refractivity contribution in [2.24, 2.45) is 0 Å². The van der Waals surface area contributed by atoms with Crippen molar-refractivity contribution in [1.82, 2.24) is 5.32 Å². The van der Waals surface area contributed by atoms with Gasteiger partial charge >= 0.3 is 0 Å². The maximum Gasteiger partial charge on any atom is 0.129 e. The number of methoxy groups -OCH3 is 1. The van der Waals surface area contributed by atoms with Crippen molar-refractivity contribution < 1.29 is 14.2 Å². The lowest BCUT2D eigenvalue weighted by molar-refractivity contribution is 0.199. The highest BCUT2D eigenvalue weighted by atomic mass is 19.1. The molecular weight excluding hydrogens is 259 g/mol. The van der Waals surface area contributed by atoms with Gasteiger partial charge in [-0.05, 0) is 25.5 Å². The summed E-state index contributed by atoms with van der Waals surface area (Å²) in [5.41, 5.74) is 1.56. The lowest BCUT2D eigenvalue weighted by Crippen LogP contribution is -2.28. The van der Waals surface area contributed by atoms with Gasteiger partial charge in [0.2, 0.25) is 0 Å². The van der Waals surface area contributed by atoms with E-state index in [9.17, 15) is 4.39 Å². The Morgan fingerprint density at radius 1 is 1.40 bits per heavy atom. The Balaban J connectivity index is 2.79. The number of nitrogens with one attached hydrogen (secondary N) is 1. The first-order valence-corrected chi connectivity index (χ1v) is 7.07. The second-order valence-electron chi connectivity index (χ2n) is 4.56. The molecule has 0 fully saturated rings. The summed E-state index contributed by atoms with van der Waals surface area (Å²) in [6.45, 7) is 5.45. The number of hydrogen-bond acceptors (Lipinski definition) is 4. The molecular formula is C15H25FN2O2. The molecule has 0 spiro atoms. The Kier molecular flexibility index (Phi) is 8.18. The van der Waals surface area contributed by atoms with Crippen LogP contribution in [0.5, 0.6) is 0 Å². The molecule has 0 atom stereocenters. The van der Waals surface area contributed by atoms with Crippen LogP contribution in [0.4, 0.5) is 10.1 Å². The minimum atomic E-state index is -0.199. The van der Waals surface area contributed by atoms with E-state index in [0.29, 0.717) is 31.7 Å². The second kappa shape index (κ2) is 9.69. The summed E-state index contributed by atoms with van der Waals surface area (Å²) in [6, 6.07) is 5.14. The van der Waals surface area contributed by atoms with Crippen LogP contribution in [0, 0.1) is 5.82 Å². The summed E-state index contributed by atoms with van der Waals surface area (Å²) in [7, 11) is 1.64. The quantitative estimate of drug-likeness (QED) is 0.643. The largest absolute Gasteiger partial charge is 0.396 e. The average molecular weight is 284 g/mol. The van der Waals surface area contributed by atoms with Crippen LogP contribution in [0.2, 0.25) is 0 Å². The van der Waals surface area contributed by atoms with Crippen LogP contribution < -0.4 is 10.2 Å². The zero-order valence-corrected chi connectivity index (χ0v) is 12.4. The van der Waals surface area contributed by atoms with Crippen molar-refractivity contribution in [3.63, 3.8) is 0 Å². The van der Waals surface area contributed by atoms with E-state index < -0.39 is 0 Å². The van der Waals surface area contributed by atoms with Gasteiger partial charge in [0.25, 0.3) is 0 Å². The molecule has 1 rings (SSSR count). The van der Waals surface area contributed by atoms with Gasteiger partial charge in [-0.25, -0.2) is 4.39 Å².